The molecule has 2 bridgehead atoms. The molecule has 0 N–H and O–H groups in total. The maximum Gasteiger partial charge on any atom is 0.338 e. The van der Waals surface area contributed by atoms with Crippen molar-refractivity contribution in [2.45, 2.75) is 53.6 Å². The van der Waals surface area contributed by atoms with Crippen LogP contribution in [0.15, 0.2) is 12.1 Å². The molecule has 2 fully saturated rings. The first kappa shape index (κ1) is 27.6. The number of ether oxygens (including phenoxy) is 4. The highest BCUT2D eigenvalue weighted by Crippen LogP contribution is 2.68. The fraction of sp³-hybridized carbons (Fsp3) is 0.750. The number of fused-ring (bicyclic) bond motifs is 2. The lowest BCUT2D eigenvalue weighted by Gasteiger charge is -2.40. The van der Waals surface area contributed by atoms with Crippen LogP contribution in [0.1, 0.15) is 57.8 Å². The number of benzene rings is 1. The lowest BCUT2D eigenvalue weighted by atomic mass is 9.70. The molecule has 2 aliphatic carbocycles. The highest BCUT2D eigenvalue weighted by atomic mass is 16.5. The Kier molecular flexibility index (Phi) is 8.64. The van der Waals surface area contributed by atoms with E-state index in [0.29, 0.717) is 34.6 Å². The molecule has 35 heavy (non-hydrogen) atoms. The molecule has 2 saturated carbocycles. The van der Waals surface area contributed by atoms with Crippen molar-refractivity contribution in [3.63, 3.8) is 0 Å². The maximum absolute atomic E-state index is 13.5. The van der Waals surface area contributed by atoms with Gasteiger partial charge < -0.3 is 28.7 Å². The van der Waals surface area contributed by atoms with Crippen molar-refractivity contribution in [1.82, 2.24) is 9.80 Å². The lowest BCUT2D eigenvalue weighted by molar-refractivity contribution is -0.0452. The van der Waals surface area contributed by atoms with Gasteiger partial charge in [0, 0.05) is 31.0 Å². The minimum Gasteiger partial charge on any atom is -0.493 e. The Morgan fingerprint density at radius 3 is 2.11 bits per heavy atom. The third kappa shape index (κ3) is 4.99. The first-order valence-corrected chi connectivity index (χ1v) is 13.0. The van der Waals surface area contributed by atoms with E-state index in [2.05, 4.69) is 51.5 Å². The Labute approximate surface area is 212 Å². The summed E-state index contributed by atoms with van der Waals surface area (Å²) in [4.78, 5) is 18.4. The van der Waals surface area contributed by atoms with E-state index < -0.39 is 0 Å². The summed E-state index contributed by atoms with van der Waals surface area (Å²) in [5.41, 5.74) is 0.466. The van der Waals surface area contributed by atoms with Gasteiger partial charge in [0.2, 0.25) is 5.75 Å². The van der Waals surface area contributed by atoms with Gasteiger partial charge in [-0.05, 0) is 56.4 Å². The summed E-state index contributed by atoms with van der Waals surface area (Å²) in [7, 11) is 6.85. The smallest absolute Gasteiger partial charge is 0.338 e. The molecule has 0 radical (unpaired) electrons. The van der Waals surface area contributed by atoms with Crippen LogP contribution < -0.4 is 14.2 Å². The first-order chi connectivity index (χ1) is 16.6. The van der Waals surface area contributed by atoms with E-state index >= 15 is 0 Å². The predicted molar refractivity (Wildman–Crippen MR) is 139 cm³/mol. The summed E-state index contributed by atoms with van der Waals surface area (Å²) in [5, 5.41) is 0. The number of nitrogens with zero attached hydrogens (tertiary/aromatic N) is 2. The van der Waals surface area contributed by atoms with Crippen LogP contribution >= 0.6 is 0 Å². The average molecular weight is 491 g/mol. The van der Waals surface area contributed by atoms with E-state index in [1.54, 1.807) is 33.5 Å². The van der Waals surface area contributed by atoms with Crippen LogP contribution in [0.2, 0.25) is 0 Å². The summed E-state index contributed by atoms with van der Waals surface area (Å²) in [6.45, 7) is 16.6. The second-order valence-corrected chi connectivity index (χ2v) is 11.0. The van der Waals surface area contributed by atoms with Crippen molar-refractivity contribution < 1.29 is 23.7 Å². The van der Waals surface area contributed by atoms with E-state index in [1.165, 1.54) is 6.42 Å². The van der Waals surface area contributed by atoms with E-state index in [4.69, 9.17) is 18.9 Å². The highest BCUT2D eigenvalue weighted by Gasteiger charge is 2.67. The number of esters is 1. The lowest BCUT2D eigenvalue weighted by Crippen LogP contribution is -2.45. The van der Waals surface area contributed by atoms with Crippen LogP contribution in [0.4, 0.5) is 0 Å². The third-order valence-electron chi connectivity index (χ3n) is 9.26. The van der Waals surface area contributed by atoms with Crippen LogP contribution in [0.3, 0.4) is 0 Å². The SMILES string of the molecule is CCN(CC)CCN(C)CC1C2CCC(C)(C1OC(=O)c1cc(OC)c(OC)c(OC)c1)C2(C)C. The van der Waals surface area contributed by atoms with Crippen LogP contribution in [-0.4, -0.2) is 83.0 Å². The quantitative estimate of drug-likeness (QED) is 0.397. The second-order valence-electron chi connectivity index (χ2n) is 11.0. The van der Waals surface area contributed by atoms with Gasteiger partial charge in [0.15, 0.2) is 11.5 Å². The standard InChI is InChI=1S/C28H46N2O5/c1-10-30(11-2)15-14-29(6)18-20-21-12-13-28(5,27(21,3)4)25(20)35-26(31)19-16-22(32-7)24(34-9)23(17-19)33-8/h16-17,20-21,25H,10-15,18H2,1-9H3. The molecule has 0 spiro atoms. The molecule has 7 nitrogen and oxygen atoms in total. The van der Waals surface area contributed by atoms with Gasteiger partial charge in [-0.1, -0.05) is 34.6 Å². The van der Waals surface area contributed by atoms with Crippen LogP contribution in [0.25, 0.3) is 0 Å². The van der Waals surface area contributed by atoms with Crippen molar-refractivity contribution in [2.75, 3.05) is 61.1 Å². The molecule has 0 aliphatic heterocycles. The highest BCUT2D eigenvalue weighted by molar-refractivity contribution is 5.91. The number of methoxy groups -OCH3 is 3. The summed E-state index contributed by atoms with van der Waals surface area (Å²) in [5.74, 6) is 1.86. The predicted octanol–water partition coefficient (Wildman–Crippen LogP) is 4.58. The average Bonchev–Trinajstić information content (AvgIpc) is 3.16. The number of carbonyl (C=O) groups excluding carboxylic acids is 1. The monoisotopic (exact) mass is 490 g/mol. The van der Waals surface area contributed by atoms with E-state index in [9.17, 15) is 4.79 Å². The molecule has 1 aromatic carbocycles. The van der Waals surface area contributed by atoms with Gasteiger partial charge in [0.05, 0.1) is 26.9 Å². The topological polar surface area (TPSA) is 60.5 Å². The molecule has 198 valence electrons. The zero-order valence-electron chi connectivity index (χ0n) is 23.3. The Morgan fingerprint density at radius 1 is 1.00 bits per heavy atom. The van der Waals surface area contributed by atoms with Gasteiger partial charge in [-0.2, -0.15) is 0 Å². The Hall–Kier alpha value is -1.99. The fourth-order valence-electron chi connectivity index (χ4n) is 6.63. The zero-order chi connectivity index (χ0) is 26.0. The van der Waals surface area contributed by atoms with Crippen molar-refractivity contribution in [3.8, 4) is 17.2 Å². The van der Waals surface area contributed by atoms with E-state index in [-0.39, 0.29) is 22.9 Å². The largest absolute Gasteiger partial charge is 0.493 e. The normalized spacial score (nSPS) is 26.9. The number of carbonyl (C=O) groups is 1. The second kappa shape index (κ2) is 11.0. The van der Waals surface area contributed by atoms with Crippen molar-refractivity contribution in [3.05, 3.63) is 17.7 Å². The minimum absolute atomic E-state index is 0.0572. The summed E-state index contributed by atoms with van der Waals surface area (Å²) in [6, 6.07) is 3.35. The molecule has 4 unspecified atom stereocenters. The van der Waals surface area contributed by atoms with Gasteiger partial charge in [0.25, 0.3) is 0 Å². The molecule has 2 aliphatic rings. The van der Waals surface area contributed by atoms with Crippen LogP contribution in [-0.2, 0) is 4.74 Å². The molecular formula is C28H46N2O5. The molecule has 4 atom stereocenters. The molecule has 0 aromatic heterocycles. The Morgan fingerprint density at radius 2 is 1.60 bits per heavy atom. The number of likely N-dealkylation sites (N-methyl/N-ethyl adjacent to an activating group) is 2. The van der Waals surface area contributed by atoms with Crippen molar-refractivity contribution in [2.24, 2.45) is 22.7 Å². The van der Waals surface area contributed by atoms with Gasteiger partial charge in [0.1, 0.15) is 6.10 Å². The Balaban J connectivity index is 1.84. The number of hydrogen-bond donors (Lipinski definition) is 0. The molecule has 3 rings (SSSR count). The van der Waals surface area contributed by atoms with Crippen molar-refractivity contribution in [1.29, 1.82) is 0 Å². The first-order valence-electron chi connectivity index (χ1n) is 13.0. The molecule has 7 heteroatoms. The third-order valence-corrected chi connectivity index (χ3v) is 9.26. The molecule has 1 aromatic rings. The molecule has 0 saturated heterocycles. The molecule has 0 amide bonds. The number of rotatable bonds is 12. The van der Waals surface area contributed by atoms with Crippen LogP contribution in [0.5, 0.6) is 17.2 Å². The summed E-state index contributed by atoms with van der Waals surface area (Å²) in [6.07, 6.45) is 2.13. The molecular weight excluding hydrogens is 444 g/mol. The Bertz CT molecular complexity index is 859. The fourth-order valence-corrected chi connectivity index (χ4v) is 6.63. The molecule has 0 heterocycles. The maximum atomic E-state index is 13.5. The minimum atomic E-state index is -0.338. The van der Waals surface area contributed by atoms with Gasteiger partial charge >= 0.3 is 5.97 Å². The van der Waals surface area contributed by atoms with Gasteiger partial charge in [-0.15, -0.1) is 0 Å². The van der Waals surface area contributed by atoms with Crippen molar-refractivity contribution >= 4 is 5.97 Å². The van der Waals surface area contributed by atoms with Gasteiger partial charge in [-0.25, -0.2) is 4.79 Å². The van der Waals surface area contributed by atoms with Crippen LogP contribution in [0, 0.1) is 22.7 Å². The van der Waals surface area contributed by atoms with E-state index in [1.807, 2.05) is 0 Å². The number of hydrogen-bond acceptors (Lipinski definition) is 7. The summed E-state index contributed by atoms with van der Waals surface area (Å²) < 4.78 is 22.7. The van der Waals surface area contributed by atoms with E-state index in [0.717, 1.165) is 39.1 Å². The van der Waals surface area contributed by atoms with Gasteiger partial charge in [-0.3, -0.25) is 0 Å². The summed E-state index contributed by atoms with van der Waals surface area (Å²) >= 11 is 0. The zero-order valence-corrected chi connectivity index (χ0v) is 23.3.